The Kier molecular flexibility index (Phi) is 12.5. The van der Waals surface area contributed by atoms with Crippen molar-refractivity contribution in [1.29, 1.82) is 0 Å². The standard InChI is InChI=1S/C67H60N4O10/c1-11-76-63(74)70(55-37-53-57(33-39(55)3)78-59-35-45(68(7)8)29-31-51(59)66(53)49-19-15-13-17-47(49)61(72)80-66)43-25-21-41(22-26-43)65(5,6)42-23-27-44(28-24-42)71(64(75)77-12-2)56-38-54-58(34-40(56)4)79-60-36-46(69(9)10)30-32-52(60)67(54)50-20-16-14-18-48(50)62(73)81-67/h13-38H,11-12H2,1-10H3. The second-order valence-corrected chi connectivity index (χ2v) is 21.6. The highest BCUT2D eigenvalue weighted by Crippen LogP contribution is 2.60. The summed E-state index contributed by atoms with van der Waals surface area (Å²) in [6.07, 6.45) is -1.18. The fourth-order valence-corrected chi connectivity index (χ4v) is 11.9. The van der Waals surface area contributed by atoms with Crippen molar-refractivity contribution in [3.63, 3.8) is 0 Å². The minimum atomic E-state index is -1.37. The first kappa shape index (κ1) is 52.2. The molecule has 408 valence electrons. The third-order valence-electron chi connectivity index (χ3n) is 16.1. The van der Waals surface area contributed by atoms with Crippen molar-refractivity contribution in [2.75, 3.05) is 61.0 Å². The van der Waals surface area contributed by atoms with Gasteiger partial charge in [-0.05, 0) is 135 Å². The molecule has 4 aliphatic heterocycles. The number of amides is 2. The van der Waals surface area contributed by atoms with Gasteiger partial charge in [0.2, 0.25) is 0 Å². The number of aryl methyl sites for hydroxylation is 2. The van der Waals surface area contributed by atoms with Crippen LogP contribution in [-0.2, 0) is 35.6 Å². The molecule has 2 amide bonds. The summed E-state index contributed by atoms with van der Waals surface area (Å²) < 4.78 is 37.9. The highest BCUT2D eigenvalue weighted by atomic mass is 16.6. The number of ether oxygens (including phenoxy) is 6. The molecule has 12 rings (SSSR count). The van der Waals surface area contributed by atoms with Crippen molar-refractivity contribution in [2.24, 2.45) is 0 Å². The van der Waals surface area contributed by atoms with Crippen molar-refractivity contribution in [1.82, 2.24) is 0 Å². The van der Waals surface area contributed by atoms with E-state index in [0.29, 0.717) is 90.3 Å². The second kappa shape index (κ2) is 19.4. The number of hydrogen-bond acceptors (Lipinski definition) is 12. The molecule has 0 aromatic heterocycles. The Morgan fingerprint density at radius 3 is 1.19 bits per heavy atom. The lowest BCUT2D eigenvalue weighted by atomic mass is 9.77. The minimum Gasteiger partial charge on any atom is -0.456 e. The molecule has 81 heavy (non-hydrogen) atoms. The first-order valence-corrected chi connectivity index (χ1v) is 27.0. The van der Waals surface area contributed by atoms with E-state index < -0.39 is 40.7 Å². The predicted molar refractivity (Wildman–Crippen MR) is 311 cm³/mol. The maximum atomic E-state index is 14.3. The third-order valence-corrected chi connectivity index (χ3v) is 16.1. The van der Waals surface area contributed by atoms with E-state index in [-0.39, 0.29) is 13.2 Å². The number of rotatable bonds is 10. The van der Waals surface area contributed by atoms with E-state index in [2.05, 4.69) is 13.8 Å². The van der Waals surface area contributed by atoms with Crippen LogP contribution in [-0.4, -0.2) is 65.5 Å². The Balaban J connectivity index is 0.894. The lowest BCUT2D eigenvalue weighted by molar-refractivity contribution is 0.0214. The summed E-state index contributed by atoms with van der Waals surface area (Å²) in [5.41, 5.74) is 8.68. The van der Waals surface area contributed by atoms with E-state index in [1.807, 2.05) is 197 Å². The molecule has 0 aliphatic carbocycles. The summed E-state index contributed by atoms with van der Waals surface area (Å²) in [6, 6.07) is 49.5. The summed E-state index contributed by atoms with van der Waals surface area (Å²) in [4.78, 5) is 63.3. The molecule has 8 aromatic rings. The van der Waals surface area contributed by atoms with Gasteiger partial charge in [-0.15, -0.1) is 0 Å². The van der Waals surface area contributed by atoms with Gasteiger partial charge in [0.05, 0.1) is 47.1 Å². The molecule has 2 unspecified atom stereocenters. The fourth-order valence-electron chi connectivity index (χ4n) is 11.9. The molecule has 0 saturated heterocycles. The summed E-state index contributed by atoms with van der Waals surface area (Å²) in [5, 5.41) is 0. The zero-order valence-electron chi connectivity index (χ0n) is 46.8. The number of nitrogens with zero attached hydrogens (tertiary/aromatic N) is 4. The Labute approximate surface area is 470 Å². The number of benzene rings is 8. The SMILES string of the molecule is CCOC(=O)N(c1ccc(C(C)(C)c2ccc(N(C(=O)OCC)c3cc4c(cc3C)Oc3cc(N(C)C)ccc3C43OC(=O)c4ccccc43)cc2)cc1)c1cc2c(cc1C)Oc1cc(N(C)C)ccc1C21OC(=O)c2ccccc21. The minimum absolute atomic E-state index is 0.130. The van der Waals surface area contributed by atoms with Crippen LogP contribution < -0.4 is 29.1 Å². The zero-order chi connectivity index (χ0) is 56.9. The Morgan fingerprint density at radius 1 is 0.457 bits per heavy atom. The fraction of sp³-hybridized carbons (Fsp3) is 0.224. The summed E-state index contributed by atoms with van der Waals surface area (Å²) in [5.74, 6) is 1.19. The van der Waals surface area contributed by atoms with Crippen LogP contribution in [0.4, 0.5) is 43.7 Å². The number of anilines is 6. The van der Waals surface area contributed by atoms with Gasteiger partial charge in [-0.25, -0.2) is 29.0 Å². The van der Waals surface area contributed by atoms with Crippen LogP contribution >= 0.6 is 0 Å². The Bertz CT molecular complexity index is 3670. The van der Waals surface area contributed by atoms with Crippen LogP contribution in [0.1, 0.15) is 104 Å². The van der Waals surface area contributed by atoms with Crippen LogP contribution in [0.2, 0.25) is 0 Å². The molecule has 8 aromatic carbocycles. The smallest absolute Gasteiger partial charge is 0.418 e. The molecule has 4 aliphatic rings. The monoisotopic (exact) mass is 1080 g/mol. The number of hydrogen-bond donors (Lipinski definition) is 0. The Morgan fingerprint density at radius 2 is 0.815 bits per heavy atom. The lowest BCUT2D eigenvalue weighted by Crippen LogP contribution is -2.34. The molecule has 14 nitrogen and oxygen atoms in total. The van der Waals surface area contributed by atoms with Crippen LogP contribution in [0.25, 0.3) is 0 Å². The van der Waals surface area contributed by atoms with Crippen LogP contribution in [0.5, 0.6) is 23.0 Å². The molecule has 0 radical (unpaired) electrons. The molecular weight excluding hydrogens is 1020 g/mol. The molecule has 0 saturated carbocycles. The maximum absolute atomic E-state index is 14.3. The van der Waals surface area contributed by atoms with Crippen molar-refractivity contribution in [2.45, 2.75) is 58.2 Å². The molecule has 4 heterocycles. The normalized spacial score (nSPS) is 16.8. The van der Waals surface area contributed by atoms with Gasteiger partial charge < -0.3 is 38.2 Å². The van der Waals surface area contributed by atoms with E-state index in [1.165, 1.54) is 0 Å². The number of fused-ring (bicyclic) bond motifs is 12. The average Bonchev–Trinajstić information content (AvgIpc) is 3.14. The summed E-state index contributed by atoms with van der Waals surface area (Å²) in [6.45, 7) is 11.8. The average molecular weight is 1080 g/mol. The zero-order valence-corrected chi connectivity index (χ0v) is 46.8. The molecule has 2 atom stereocenters. The molecule has 0 bridgehead atoms. The van der Waals surface area contributed by atoms with Gasteiger partial charge in [-0.2, -0.15) is 0 Å². The summed E-state index contributed by atoms with van der Waals surface area (Å²) in [7, 11) is 7.81. The quantitative estimate of drug-likeness (QED) is 0.0952. The van der Waals surface area contributed by atoms with E-state index >= 15 is 0 Å². The number of esters is 2. The van der Waals surface area contributed by atoms with Gasteiger partial charge in [-0.3, -0.25) is 0 Å². The van der Waals surface area contributed by atoms with Gasteiger partial charge >= 0.3 is 24.1 Å². The van der Waals surface area contributed by atoms with Gasteiger partial charge in [0, 0.05) is 90.5 Å². The van der Waals surface area contributed by atoms with Crippen molar-refractivity contribution >= 4 is 58.2 Å². The first-order valence-electron chi connectivity index (χ1n) is 27.0. The highest BCUT2D eigenvalue weighted by Gasteiger charge is 2.56. The first-order chi connectivity index (χ1) is 38.9. The lowest BCUT2D eigenvalue weighted by Gasteiger charge is -2.38. The van der Waals surface area contributed by atoms with E-state index in [0.717, 1.165) is 33.6 Å². The van der Waals surface area contributed by atoms with Crippen LogP contribution in [0.15, 0.2) is 158 Å². The van der Waals surface area contributed by atoms with Crippen molar-refractivity contribution in [3.05, 3.63) is 224 Å². The largest absolute Gasteiger partial charge is 0.456 e. The molecule has 0 fully saturated rings. The highest BCUT2D eigenvalue weighted by molar-refractivity contribution is 6.01. The van der Waals surface area contributed by atoms with Gasteiger partial charge in [0.25, 0.3) is 0 Å². The van der Waals surface area contributed by atoms with Gasteiger partial charge in [0.1, 0.15) is 23.0 Å². The number of carbonyl (C=O) groups is 4. The van der Waals surface area contributed by atoms with Crippen LogP contribution in [0.3, 0.4) is 0 Å². The third kappa shape index (κ3) is 8.05. The van der Waals surface area contributed by atoms with Crippen molar-refractivity contribution in [3.8, 4) is 23.0 Å². The topological polar surface area (TPSA) is 137 Å². The molecular formula is C67H60N4O10. The maximum Gasteiger partial charge on any atom is 0.418 e. The molecule has 0 N–H and O–H groups in total. The Hall–Kier alpha value is -9.56. The predicted octanol–water partition coefficient (Wildman–Crippen LogP) is 14.5. The van der Waals surface area contributed by atoms with Crippen molar-refractivity contribution < 1.29 is 47.6 Å². The van der Waals surface area contributed by atoms with Gasteiger partial charge in [0.15, 0.2) is 11.2 Å². The molecule has 2 spiro atoms. The second-order valence-electron chi connectivity index (χ2n) is 21.6. The van der Waals surface area contributed by atoms with E-state index in [9.17, 15) is 19.2 Å². The summed E-state index contributed by atoms with van der Waals surface area (Å²) >= 11 is 0. The van der Waals surface area contributed by atoms with E-state index in [1.54, 1.807) is 35.8 Å². The molecule has 14 heteroatoms. The van der Waals surface area contributed by atoms with Crippen LogP contribution in [0, 0.1) is 13.8 Å². The van der Waals surface area contributed by atoms with E-state index in [4.69, 9.17) is 28.4 Å². The van der Waals surface area contributed by atoms with Gasteiger partial charge in [-0.1, -0.05) is 74.5 Å². The number of carbonyl (C=O) groups excluding carboxylic acids is 4.